The number of H-pyrrole nitrogens is 1. The van der Waals surface area contributed by atoms with E-state index in [-0.39, 0.29) is 31.3 Å². The fourth-order valence-electron chi connectivity index (χ4n) is 8.10. The van der Waals surface area contributed by atoms with E-state index in [9.17, 15) is 24.3 Å². The summed E-state index contributed by atoms with van der Waals surface area (Å²) in [6.07, 6.45) is 13.8. The summed E-state index contributed by atoms with van der Waals surface area (Å²) in [5.74, 6) is -0.147. The monoisotopic (exact) mass is 780 g/mol. The van der Waals surface area contributed by atoms with Crippen LogP contribution in [0.4, 0.5) is 9.59 Å². The van der Waals surface area contributed by atoms with Crippen molar-refractivity contribution < 1.29 is 29.0 Å². The van der Waals surface area contributed by atoms with Gasteiger partial charge in [0.2, 0.25) is 5.91 Å². The van der Waals surface area contributed by atoms with Crippen molar-refractivity contribution in [2.45, 2.75) is 134 Å². The first-order chi connectivity index (χ1) is 27.0. The summed E-state index contributed by atoms with van der Waals surface area (Å²) in [6.45, 7) is 6.24. The molecule has 0 spiro atoms. The van der Waals surface area contributed by atoms with Gasteiger partial charge in [0.25, 0.3) is 5.91 Å². The van der Waals surface area contributed by atoms with Crippen LogP contribution in [0.15, 0.2) is 42.9 Å². The van der Waals surface area contributed by atoms with E-state index in [4.69, 9.17) is 4.74 Å². The van der Waals surface area contributed by atoms with E-state index in [1.807, 2.05) is 35.2 Å². The summed E-state index contributed by atoms with van der Waals surface area (Å²) in [5, 5.41) is 14.8. The zero-order valence-corrected chi connectivity index (χ0v) is 34.7. The van der Waals surface area contributed by atoms with Gasteiger partial charge in [-0.25, -0.2) is 14.6 Å². The lowest BCUT2D eigenvalue weighted by Crippen LogP contribution is -2.56. The Balaban J connectivity index is 1.51. The summed E-state index contributed by atoms with van der Waals surface area (Å²) in [6, 6.07) is 7.83. The third-order valence-corrected chi connectivity index (χ3v) is 12.0. The maximum atomic E-state index is 14.5. The molecule has 1 aromatic carbocycles. The number of carbonyl (C=O) groups is 4. The number of amides is 5. The molecule has 4 rings (SSSR count). The smallest absolute Gasteiger partial charge is 0.410 e. The number of aromatic amines is 1. The molecule has 3 N–H and O–H groups in total. The number of likely N-dealkylation sites (tertiary alicyclic amines) is 1. The largest absolute Gasteiger partial charge is 0.436 e. The third kappa shape index (κ3) is 13.8. The Labute approximate surface area is 334 Å². The highest BCUT2D eigenvalue weighted by Crippen LogP contribution is 2.30. The van der Waals surface area contributed by atoms with Crippen LogP contribution in [0.1, 0.15) is 109 Å². The van der Waals surface area contributed by atoms with E-state index in [2.05, 4.69) is 29.1 Å². The molecular formula is C43H69N7O6. The average Bonchev–Trinajstić information content (AvgIpc) is 3.59. The Kier molecular flexibility index (Phi) is 18.5. The fourth-order valence-corrected chi connectivity index (χ4v) is 8.10. The van der Waals surface area contributed by atoms with Crippen LogP contribution in [-0.4, -0.2) is 130 Å². The molecule has 5 amide bonds. The van der Waals surface area contributed by atoms with Crippen molar-refractivity contribution in [2.75, 3.05) is 47.3 Å². The first-order valence-electron chi connectivity index (χ1n) is 21.2. The van der Waals surface area contributed by atoms with Crippen molar-refractivity contribution in [3.63, 3.8) is 0 Å². The van der Waals surface area contributed by atoms with Crippen LogP contribution in [0.5, 0.6) is 0 Å². The molecule has 2 heterocycles. The molecule has 2 aliphatic rings. The molecule has 0 unspecified atom stereocenters. The van der Waals surface area contributed by atoms with Crippen molar-refractivity contribution in [3.05, 3.63) is 54.1 Å². The number of urea groups is 1. The van der Waals surface area contributed by atoms with Crippen molar-refractivity contribution in [1.82, 2.24) is 34.9 Å². The Morgan fingerprint density at radius 3 is 2.18 bits per heavy atom. The summed E-state index contributed by atoms with van der Waals surface area (Å²) in [5.41, 5.74) is 1.46. The Morgan fingerprint density at radius 1 is 0.911 bits per heavy atom. The number of rotatable bonds is 19. The Bertz CT molecular complexity index is 1460. The highest BCUT2D eigenvalue weighted by Gasteiger charge is 2.37. The van der Waals surface area contributed by atoms with Gasteiger partial charge in [-0.15, -0.1) is 0 Å². The molecule has 2 aromatic rings. The van der Waals surface area contributed by atoms with Crippen LogP contribution < -0.4 is 5.32 Å². The summed E-state index contributed by atoms with van der Waals surface area (Å²) >= 11 is 0. The van der Waals surface area contributed by atoms with E-state index in [1.165, 1.54) is 22.5 Å². The van der Waals surface area contributed by atoms with E-state index in [0.717, 1.165) is 82.9 Å². The number of hydrogen-bond donors (Lipinski definition) is 3. The lowest BCUT2D eigenvalue weighted by molar-refractivity contribution is -0.146. The first-order valence-corrected chi connectivity index (χ1v) is 21.2. The maximum Gasteiger partial charge on any atom is 0.410 e. The number of nitrogens with zero attached hydrogens (tertiary/aromatic N) is 5. The number of aromatic nitrogens is 2. The first kappa shape index (κ1) is 44.6. The lowest BCUT2D eigenvalue weighted by Gasteiger charge is -2.35. The normalized spacial score (nSPS) is 17.3. The van der Waals surface area contributed by atoms with Gasteiger partial charge in [0.1, 0.15) is 6.04 Å². The van der Waals surface area contributed by atoms with Gasteiger partial charge < -0.3 is 39.7 Å². The minimum absolute atomic E-state index is 0.0574. The van der Waals surface area contributed by atoms with Gasteiger partial charge >= 0.3 is 12.1 Å². The fraction of sp³-hybridized carbons (Fsp3) is 0.698. The number of nitrogens with one attached hydrogen (secondary N) is 2. The van der Waals surface area contributed by atoms with Gasteiger partial charge in [0.05, 0.1) is 18.5 Å². The van der Waals surface area contributed by atoms with Crippen LogP contribution in [0.2, 0.25) is 0 Å². The number of aliphatic hydroxyl groups excluding tert-OH is 1. The van der Waals surface area contributed by atoms with E-state index in [1.54, 1.807) is 32.2 Å². The predicted molar refractivity (Wildman–Crippen MR) is 218 cm³/mol. The molecule has 0 radical (unpaired) electrons. The van der Waals surface area contributed by atoms with E-state index in [0.29, 0.717) is 36.9 Å². The zero-order chi connectivity index (χ0) is 40.5. The van der Waals surface area contributed by atoms with Crippen molar-refractivity contribution in [3.8, 4) is 0 Å². The third-order valence-electron chi connectivity index (χ3n) is 12.0. The highest BCUT2D eigenvalue weighted by molar-refractivity contribution is 5.90. The molecule has 1 aliphatic heterocycles. The number of aliphatic hydroxyl groups is 1. The van der Waals surface area contributed by atoms with Crippen LogP contribution in [0.3, 0.4) is 0 Å². The number of carbonyl (C=O) groups excluding carboxylic acids is 4. The van der Waals surface area contributed by atoms with Crippen LogP contribution in [0, 0.1) is 11.8 Å². The van der Waals surface area contributed by atoms with Gasteiger partial charge in [-0.05, 0) is 43.1 Å². The Hall–Kier alpha value is -4.13. The molecule has 1 aliphatic carbocycles. The molecule has 56 heavy (non-hydrogen) atoms. The van der Waals surface area contributed by atoms with Crippen LogP contribution >= 0.6 is 0 Å². The van der Waals surface area contributed by atoms with Gasteiger partial charge in [0.15, 0.2) is 6.10 Å². The minimum atomic E-state index is -1.23. The van der Waals surface area contributed by atoms with Crippen molar-refractivity contribution >= 4 is 23.9 Å². The second-order valence-electron chi connectivity index (χ2n) is 16.2. The highest BCUT2D eigenvalue weighted by atomic mass is 16.6. The number of ether oxygens (including phenoxy) is 1. The second-order valence-corrected chi connectivity index (χ2v) is 16.2. The molecule has 2 fully saturated rings. The SMILES string of the molecule is CCC(CC)C[C@H](O)[C@H](CC1CCCCC1)NC(=O)[C@H](Cc1cnc[nH]1)N(C)C(=O)[C@H](Cc1ccccc1)OC(=O)N(C)CCN(C)C(=O)N1CCCCCC1. The second kappa shape index (κ2) is 23.2. The van der Waals surface area contributed by atoms with Crippen molar-refractivity contribution in [2.24, 2.45) is 11.8 Å². The molecule has 4 atom stereocenters. The van der Waals surface area contributed by atoms with E-state index < -0.39 is 36.3 Å². The average molecular weight is 780 g/mol. The molecule has 13 nitrogen and oxygen atoms in total. The van der Waals surface area contributed by atoms with E-state index >= 15 is 0 Å². The zero-order valence-electron chi connectivity index (χ0n) is 34.7. The maximum absolute atomic E-state index is 14.5. The van der Waals surface area contributed by atoms with Crippen molar-refractivity contribution in [1.29, 1.82) is 0 Å². The molecular weight excluding hydrogens is 711 g/mol. The van der Waals surface area contributed by atoms with Gasteiger partial charge in [-0.2, -0.15) is 0 Å². The van der Waals surface area contributed by atoms with Gasteiger partial charge in [0, 0.05) is 72.1 Å². The molecule has 1 aromatic heterocycles. The number of likely N-dealkylation sites (N-methyl/N-ethyl adjacent to an activating group) is 3. The molecule has 1 saturated carbocycles. The predicted octanol–water partition coefficient (Wildman–Crippen LogP) is 6.03. The molecule has 0 bridgehead atoms. The number of benzene rings is 1. The van der Waals surface area contributed by atoms with Gasteiger partial charge in [-0.1, -0.05) is 102 Å². The quantitative estimate of drug-likeness (QED) is 0.158. The number of imidazole rings is 1. The Morgan fingerprint density at radius 2 is 1.55 bits per heavy atom. The lowest BCUT2D eigenvalue weighted by atomic mass is 9.82. The minimum Gasteiger partial charge on any atom is -0.436 e. The van der Waals surface area contributed by atoms with Crippen LogP contribution in [-0.2, 0) is 27.2 Å². The summed E-state index contributed by atoms with van der Waals surface area (Å²) < 4.78 is 5.97. The molecule has 13 heteroatoms. The van der Waals surface area contributed by atoms with Crippen LogP contribution in [0.25, 0.3) is 0 Å². The summed E-state index contributed by atoms with van der Waals surface area (Å²) in [4.78, 5) is 69.1. The standard InChI is InChI=1S/C43H69N7O6/c1-6-32(7-2)27-38(51)36(26-33-18-12-10-13-19-33)46-40(52)37(29-35-30-44-31-45-35)49(5)41(53)39(28-34-20-14-11-15-21-34)56-43(55)48(4)25-24-47(3)42(54)50-22-16-8-9-17-23-50/h11,14-15,20-21,30-33,36-39,51H,6-10,12-13,16-19,22-29H2,1-5H3,(H,44,45)(H,46,52)/t36-,37-,38-,39-/m0/s1. The topological polar surface area (TPSA) is 151 Å². The molecule has 312 valence electrons. The molecule has 1 saturated heterocycles. The summed E-state index contributed by atoms with van der Waals surface area (Å²) in [7, 11) is 4.89. The van der Waals surface area contributed by atoms with Gasteiger partial charge in [-0.3, -0.25) is 9.59 Å². The number of hydrogen-bond acceptors (Lipinski definition) is 7.